The van der Waals surface area contributed by atoms with E-state index in [1.165, 1.54) is 0 Å². The summed E-state index contributed by atoms with van der Waals surface area (Å²) >= 11 is 0. The largest absolute Gasteiger partial charge is 0.355 e. The third kappa shape index (κ3) is 5.43. The summed E-state index contributed by atoms with van der Waals surface area (Å²) in [5, 5.41) is 2.79. The average molecular weight is 276 g/mol. The molecule has 1 aromatic rings. The molecule has 0 atom stereocenters. The Hall–Kier alpha value is -1.84. The van der Waals surface area contributed by atoms with Crippen molar-refractivity contribution in [2.24, 2.45) is 5.41 Å². The zero-order chi connectivity index (χ0) is 15.2. The lowest BCUT2D eigenvalue weighted by molar-refractivity contribution is -0.131. The van der Waals surface area contributed by atoms with Crippen LogP contribution in [0.15, 0.2) is 30.3 Å². The maximum absolute atomic E-state index is 12.0. The number of nitrogens with one attached hydrogen (secondary N) is 1. The molecule has 0 bridgehead atoms. The highest BCUT2D eigenvalue weighted by molar-refractivity contribution is 5.82. The van der Waals surface area contributed by atoms with E-state index in [2.05, 4.69) is 5.32 Å². The minimum absolute atomic E-state index is 0.0306. The van der Waals surface area contributed by atoms with Gasteiger partial charge in [0.05, 0.1) is 0 Å². The number of amides is 2. The smallest absolute Gasteiger partial charge is 0.225 e. The molecule has 0 aliphatic heterocycles. The predicted molar refractivity (Wildman–Crippen MR) is 80.0 cm³/mol. The summed E-state index contributed by atoms with van der Waals surface area (Å²) in [6.45, 7) is 6.53. The first-order valence-corrected chi connectivity index (χ1v) is 6.87. The van der Waals surface area contributed by atoms with Gasteiger partial charge in [0.25, 0.3) is 0 Å². The first-order chi connectivity index (χ1) is 9.30. The summed E-state index contributed by atoms with van der Waals surface area (Å²) in [4.78, 5) is 25.3. The van der Waals surface area contributed by atoms with Gasteiger partial charge >= 0.3 is 0 Å². The summed E-state index contributed by atoms with van der Waals surface area (Å²) in [7, 11) is 1.78. The monoisotopic (exact) mass is 276 g/mol. The Balaban J connectivity index is 2.34. The Morgan fingerprint density at radius 2 is 1.75 bits per heavy atom. The minimum atomic E-state index is -0.418. The molecule has 0 fully saturated rings. The lowest BCUT2D eigenvalue weighted by atomic mass is 9.96. The number of nitrogens with zero attached hydrogens (tertiary/aromatic N) is 1. The zero-order valence-corrected chi connectivity index (χ0v) is 12.8. The van der Waals surface area contributed by atoms with Gasteiger partial charge < -0.3 is 10.2 Å². The first-order valence-electron chi connectivity index (χ1n) is 6.87. The van der Waals surface area contributed by atoms with E-state index < -0.39 is 5.41 Å². The second-order valence-electron chi connectivity index (χ2n) is 5.99. The molecule has 0 spiro atoms. The van der Waals surface area contributed by atoms with Crippen molar-refractivity contribution in [3.63, 3.8) is 0 Å². The van der Waals surface area contributed by atoms with Gasteiger partial charge in [-0.15, -0.1) is 0 Å². The van der Waals surface area contributed by atoms with Crippen LogP contribution in [-0.2, 0) is 16.1 Å². The van der Waals surface area contributed by atoms with E-state index >= 15 is 0 Å². The highest BCUT2D eigenvalue weighted by Crippen LogP contribution is 2.12. The number of benzene rings is 1. The van der Waals surface area contributed by atoms with Crippen LogP contribution in [0.4, 0.5) is 0 Å². The number of carbonyl (C=O) groups excluding carboxylic acids is 2. The quantitative estimate of drug-likeness (QED) is 0.896. The number of carbonyl (C=O) groups is 2. The molecule has 4 heteroatoms. The Bertz CT molecular complexity index is 449. The Morgan fingerprint density at radius 3 is 2.30 bits per heavy atom. The van der Waals surface area contributed by atoms with Crippen LogP contribution in [-0.4, -0.2) is 30.3 Å². The van der Waals surface area contributed by atoms with Crippen LogP contribution < -0.4 is 5.32 Å². The van der Waals surface area contributed by atoms with Gasteiger partial charge in [0.1, 0.15) is 0 Å². The Kier molecular flexibility index (Phi) is 5.74. The molecular weight excluding hydrogens is 252 g/mol. The molecule has 0 aliphatic rings. The first kappa shape index (κ1) is 16.2. The highest BCUT2D eigenvalue weighted by Gasteiger charge is 2.20. The Labute approximate surface area is 121 Å². The Morgan fingerprint density at radius 1 is 1.15 bits per heavy atom. The molecule has 0 unspecified atom stereocenters. The van der Waals surface area contributed by atoms with E-state index in [1.807, 2.05) is 51.1 Å². The van der Waals surface area contributed by atoms with E-state index in [9.17, 15) is 9.59 Å². The second kappa shape index (κ2) is 7.08. The second-order valence-corrected chi connectivity index (χ2v) is 5.99. The van der Waals surface area contributed by atoms with Crippen molar-refractivity contribution in [2.45, 2.75) is 33.7 Å². The molecule has 0 saturated carbocycles. The van der Waals surface area contributed by atoms with Gasteiger partial charge in [-0.05, 0) is 5.56 Å². The summed E-state index contributed by atoms with van der Waals surface area (Å²) in [6.07, 6.45) is 0.325. The number of hydrogen-bond acceptors (Lipinski definition) is 2. The van der Waals surface area contributed by atoms with Gasteiger partial charge in [0.15, 0.2) is 0 Å². The summed E-state index contributed by atoms with van der Waals surface area (Å²) in [5.74, 6) is -0.000857. The molecule has 110 valence electrons. The van der Waals surface area contributed by atoms with E-state index in [4.69, 9.17) is 0 Å². The highest BCUT2D eigenvalue weighted by atomic mass is 16.2. The molecular formula is C16H24N2O2. The van der Waals surface area contributed by atoms with Gasteiger partial charge in [-0.2, -0.15) is 0 Å². The van der Waals surface area contributed by atoms with E-state index in [0.717, 1.165) is 5.56 Å². The molecule has 0 saturated heterocycles. The van der Waals surface area contributed by atoms with Crippen LogP contribution in [0, 0.1) is 5.41 Å². The van der Waals surface area contributed by atoms with Crippen LogP contribution in [0.25, 0.3) is 0 Å². The van der Waals surface area contributed by atoms with Crippen molar-refractivity contribution in [3.05, 3.63) is 35.9 Å². The molecule has 4 nitrogen and oxygen atoms in total. The maximum Gasteiger partial charge on any atom is 0.225 e. The summed E-state index contributed by atoms with van der Waals surface area (Å²) in [5.41, 5.74) is 0.681. The number of hydrogen-bond donors (Lipinski definition) is 1. The van der Waals surface area contributed by atoms with Crippen molar-refractivity contribution >= 4 is 11.8 Å². The lowest BCUT2D eigenvalue weighted by Crippen LogP contribution is -2.37. The lowest BCUT2D eigenvalue weighted by Gasteiger charge is -2.20. The molecule has 0 radical (unpaired) electrons. The molecule has 0 aromatic heterocycles. The standard InChI is InChI=1S/C16H24N2O2/c1-16(2,3)15(20)17-11-10-14(19)18(4)12-13-8-6-5-7-9-13/h5-9H,10-12H2,1-4H3,(H,17,20). The van der Waals surface area contributed by atoms with Crippen LogP contribution in [0.1, 0.15) is 32.8 Å². The van der Waals surface area contributed by atoms with Gasteiger partial charge in [-0.3, -0.25) is 9.59 Å². The molecule has 0 aliphatic carbocycles. The maximum atomic E-state index is 12.0. The normalized spacial score (nSPS) is 11.0. The van der Waals surface area contributed by atoms with E-state index in [1.54, 1.807) is 11.9 Å². The van der Waals surface area contributed by atoms with Gasteiger partial charge in [0, 0.05) is 32.0 Å². The van der Waals surface area contributed by atoms with Crippen molar-refractivity contribution in [2.75, 3.05) is 13.6 Å². The molecule has 1 N–H and O–H groups in total. The van der Waals surface area contributed by atoms with Crippen molar-refractivity contribution in [1.82, 2.24) is 10.2 Å². The van der Waals surface area contributed by atoms with Crippen molar-refractivity contribution < 1.29 is 9.59 Å². The van der Waals surface area contributed by atoms with Gasteiger partial charge in [-0.25, -0.2) is 0 Å². The van der Waals surface area contributed by atoms with Gasteiger partial charge in [-0.1, -0.05) is 51.1 Å². The zero-order valence-electron chi connectivity index (χ0n) is 12.8. The van der Waals surface area contributed by atoms with Crippen LogP contribution >= 0.6 is 0 Å². The van der Waals surface area contributed by atoms with Crippen LogP contribution in [0.5, 0.6) is 0 Å². The molecule has 20 heavy (non-hydrogen) atoms. The number of rotatable bonds is 5. The molecule has 1 aromatic carbocycles. The SMILES string of the molecule is CN(Cc1ccccc1)C(=O)CCNC(=O)C(C)(C)C. The minimum Gasteiger partial charge on any atom is -0.355 e. The third-order valence-electron chi connectivity index (χ3n) is 2.99. The fraction of sp³-hybridized carbons (Fsp3) is 0.500. The summed E-state index contributed by atoms with van der Waals surface area (Å²) in [6, 6.07) is 9.85. The topological polar surface area (TPSA) is 49.4 Å². The average Bonchev–Trinajstić information content (AvgIpc) is 2.38. The third-order valence-corrected chi connectivity index (χ3v) is 2.99. The van der Waals surface area contributed by atoms with E-state index in [-0.39, 0.29) is 11.8 Å². The van der Waals surface area contributed by atoms with E-state index in [0.29, 0.717) is 19.5 Å². The fourth-order valence-corrected chi connectivity index (χ4v) is 1.68. The van der Waals surface area contributed by atoms with Crippen molar-refractivity contribution in [3.8, 4) is 0 Å². The molecule has 0 heterocycles. The predicted octanol–water partition coefficient (Wildman–Crippen LogP) is 2.20. The molecule has 1 rings (SSSR count). The summed E-state index contributed by atoms with van der Waals surface area (Å²) < 4.78 is 0. The van der Waals surface area contributed by atoms with Crippen LogP contribution in [0.3, 0.4) is 0 Å². The molecule has 2 amide bonds. The fourth-order valence-electron chi connectivity index (χ4n) is 1.68. The van der Waals surface area contributed by atoms with Gasteiger partial charge in [0.2, 0.25) is 11.8 Å². The van der Waals surface area contributed by atoms with Crippen LogP contribution in [0.2, 0.25) is 0 Å². The van der Waals surface area contributed by atoms with Crippen molar-refractivity contribution in [1.29, 1.82) is 0 Å².